The molecule has 0 saturated heterocycles. The van der Waals surface area contributed by atoms with E-state index in [2.05, 4.69) is 69.1 Å². The average Bonchev–Trinajstić information content (AvgIpc) is 2.17. The summed E-state index contributed by atoms with van der Waals surface area (Å²) in [5.74, 6) is 0. The van der Waals surface area contributed by atoms with Crippen LogP contribution in [0.1, 0.15) is 11.3 Å². The maximum atomic E-state index is 6.39. The number of rotatable bonds is 5. The fourth-order valence-electron chi connectivity index (χ4n) is 2.20. The molecule has 108 valence electrons. The summed E-state index contributed by atoms with van der Waals surface area (Å²) in [5, 5.41) is 0. The van der Waals surface area contributed by atoms with Gasteiger partial charge in [-0.2, -0.15) is 0 Å². The first-order valence-corrected chi connectivity index (χ1v) is 13.0. The second-order valence-electron chi connectivity index (χ2n) is 6.41. The molecule has 0 saturated carbocycles. The molecule has 1 rings (SSSR count). The molecule has 0 amide bonds. The van der Waals surface area contributed by atoms with Crippen LogP contribution in [0.25, 0.3) is 6.08 Å². The van der Waals surface area contributed by atoms with Crippen molar-refractivity contribution in [3.63, 3.8) is 0 Å². The summed E-state index contributed by atoms with van der Waals surface area (Å²) in [5.41, 5.74) is 2.44. The molecular formula is C14H26INOSi2. The molecule has 0 radical (unpaired) electrons. The van der Waals surface area contributed by atoms with Crippen LogP contribution in [0, 0.1) is 6.92 Å². The molecule has 2 nitrogen and oxygen atoms in total. The van der Waals surface area contributed by atoms with E-state index < -0.39 is 16.6 Å². The Morgan fingerprint density at radius 1 is 1.21 bits per heavy atom. The Balaban J connectivity index is 0.00000324. The molecule has 1 heterocycles. The minimum Gasteiger partial charge on any atom is -1.00 e. The van der Waals surface area contributed by atoms with Gasteiger partial charge in [0.1, 0.15) is 0 Å². The standard InChI is InChI=1S/C14H26NOSi2.HI/c1-8-14-10-9-13(2)15(11-14)12-18(6,7)16-17(3,4)5;/h8-11H,1,12H2,2-7H3;1H/q+1;/p-1. The van der Waals surface area contributed by atoms with Gasteiger partial charge < -0.3 is 28.1 Å². The van der Waals surface area contributed by atoms with Gasteiger partial charge in [0.05, 0.1) is 0 Å². The topological polar surface area (TPSA) is 13.1 Å². The Morgan fingerprint density at radius 2 is 1.79 bits per heavy atom. The van der Waals surface area contributed by atoms with Gasteiger partial charge in [-0.05, 0) is 38.8 Å². The van der Waals surface area contributed by atoms with Gasteiger partial charge in [0.25, 0.3) is 0 Å². The summed E-state index contributed by atoms with van der Waals surface area (Å²) in [7, 11) is -3.11. The number of nitrogens with zero attached hydrogens (tertiary/aromatic N) is 1. The van der Waals surface area contributed by atoms with Crippen LogP contribution in [0.3, 0.4) is 0 Å². The first-order chi connectivity index (χ1) is 8.13. The predicted molar refractivity (Wildman–Crippen MR) is 83.4 cm³/mol. The van der Waals surface area contributed by atoms with E-state index in [1.165, 1.54) is 11.3 Å². The maximum absolute atomic E-state index is 6.39. The molecule has 0 aliphatic heterocycles. The summed E-state index contributed by atoms with van der Waals surface area (Å²) >= 11 is 0. The van der Waals surface area contributed by atoms with Crippen LogP contribution in [-0.2, 0) is 10.3 Å². The van der Waals surface area contributed by atoms with Crippen LogP contribution in [0.15, 0.2) is 24.9 Å². The lowest BCUT2D eigenvalue weighted by Gasteiger charge is -2.29. The summed E-state index contributed by atoms with van der Waals surface area (Å²) in [6, 6.07) is 4.25. The van der Waals surface area contributed by atoms with Crippen LogP contribution in [0.4, 0.5) is 0 Å². The Morgan fingerprint density at radius 3 is 2.26 bits per heavy atom. The van der Waals surface area contributed by atoms with Gasteiger partial charge in [-0.15, -0.1) is 0 Å². The van der Waals surface area contributed by atoms with E-state index in [1.807, 2.05) is 6.08 Å². The van der Waals surface area contributed by atoms with Gasteiger partial charge in [0.2, 0.25) is 8.32 Å². The zero-order valence-electron chi connectivity index (χ0n) is 13.0. The smallest absolute Gasteiger partial charge is 0.248 e. The second kappa shape index (κ2) is 7.15. The third-order valence-corrected chi connectivity index (χ3v) is 8.41. The molecule has 1 aromatic rings. The molecule has 0 spiro atoms. The number of aryl methyl sites for hydroxylation is 1. The van der Waals surface area contributed by atoms with Gasteiger partial charge in [0.15, 0.2) is 26.4 Å². The van der Waals surface area contributed by atoms with Crippen LogP contribution in [-0.4, -0.2) is 16.6 Å². The van der Waals surface area contributed by atoms with Crippen LogP contribution >= 0.6 is 0 Å². The van der Waals surface area contributed by atoms with Crippen molar-refractivity contribution in [1.82, 2.24) is 0 Å². The minimum atomic E-state index is -1.66. The number of aromatic nitrogens is 1. The Hall–Kier alpha value is 0.0138. The number of hydrogen-bond donors (Lipinski definition) is 0. The number of halogens is 1. The third kappa shape index (κ3) is 6.83. The highest BCUT2D eigenvalue weighted by Crippen LogP contribution is 2.14. The van der Waals surface area contributed by atoms with E-state index >= 15 is 0 Å². The van der Waals surface area contributed by atoms with Crippen LogP contribution in [0.5, 0.6) is 0 Å². The fraction of sp³-hybridized carbons (Fsp3) is 0.500. The highest BCUT2D eigenvalue weighted by Gasteiger charge is 2.34. The maximum Gasteiger partial charge on any atom is 0.248 e. The molecule has 0 atom stereocenters. The average molecular weight is 407 g/mol. The Kier molecular flexibility index (Phi) is 7.15. The normalized spacial score (nSPS) is 11.9. The van der Waals surface area contributed by atoms with E-state index in [9.17, 15) is 0 Å². The molecule has 1 aromatic heterocycles. The van der Waals surface area contributed by atoms with Crippen molar-refractivity contribution in [3.8, 4) is 0 Å². The highest BCUT2D eigenvalue weighted by molar-refractivity contribution is 6.83. The number of pyridine rings is 1. The van der Waals surface area contributed by atoms with Gasteiger partial charge in [-0.3, -0.25) is 0 Å². The molecule has 5 heteroatoms. The van der Waals surface area contributed by atoms with Gasteiger partial charge in [-0.1, -0.05) is 12.7 Å². The zero-order chi connectivity index (χ0) is 14.0. The number of hydrogen-bond acceptors (Lipinski definition) is 1. The Bertz CT molecular complexity index is 442. The highest BCUT2D eigenvalue weighted by atomic mass is 127. The van der Waals surface area contributed by atoms with Crippen LogP contribution in [0.2, 0.25) is 32.7 Å². The summed E-state index contributed by atoms with van der Waals surface area (Å²) in [6.45, 7) is 17.4. The quantitative estimate of drug-likeness (QED) is 0.394. The van der Waals surface area contributed by atoms with Crippen molar-refractivity contribution in [2.24, 2.45) is 0 Å². The lowest BCUT2D eigenvalue weighted by molar-refractivity contribution is -0.688. The van der Waals surface area contributed by atoms with Gasteiger partial charge >= 0.3 is 0 Å². The lowest BCUT2D eigenvalue weighted by Crippen LogP contribution is -3.00. The predicted octanol–water partition coefficient (Wildman–Crippen LogP) is 0.525. The molecule has 0 aliphatic carbocycles. The second-order valence-corrected chi connectivity index (χ2v) is 15.3. The summed E-state index contributed by atoms with van der Waals surface area (Å²) in [4.78, 5) is 0. The lowest BCUT2D eigenvalue weighted by atomic mass is 10.2. The van der Waals surface area contributed by atoms with E-state index in [4.69, 9.17) is 4.12 Å². The molecule has 0 bridgehead atoms. The molecule has 0 N–H and O–H groups in total. The van der Waals surface area contributed by atoms with Crippen molar-refractivity contribution >= 4 is 22.7 Å². The van der Waals surface area contributed by atoms with E-state index in [0.29, 0.717) is 0 Å². The Labute approximate surface area is 137 Å². The van der Waals surface area contributed by atoms with Crippen molar-refractivity contribution in [2.75, 3.05) is 0 Å². The molecule has 0 fully saturated rings. The van der Waals surface area contributed by atoms with Gasteiger partial charge in [-0.25, -0.2) is 4.57 Å². The zero-order valence-corrected chi connectivity index (χ0v) is 17.1. The monoisotopic (exact) mass is 407 g/mol. The molecule has 0 unspecified atom stereocenters. The van der Waals surface area contributed by atoms with Crippen molar-refractivity contribution < 1.29 is 32.7 Å². The molecule has 0 aliphatic rings. The fourth-order valence-corrected chi connectivity index (χ4v) is 10.3. The van der Waals surface area contributed by atoms with Crippen molar-refractivity contribution in [2.45, 2.75) is 45.8 Å². The van der Waals surface area contributed by atoms with E-state index in [0.717, 1.165) is 6.17 Å². The molecule has 0 aromatic carbocycles. The molecular weight excluding hydrogens is 381 g/mol. The van der Waals surface area contributed by atoms with E-state index in [-0.39, 0.29) is 24.0 Å². The van der Waals surface area contributed by atoms with Gasteiger partial charge in [0, 0.05) is 18.6 Å². The third-order valence-electron chi connectivity index (χ3n) is 2.64. The van der Waals surface area contributed by atoms with Crippen LogP contribution < -0.4 is 28.5 Å². The van der Waals surface area contributed by atoms with Crippen molar-refractivity contribution in [3.05, 3.63) is 36.2 Å². The van der Waals surface area contributed by atoms with Crippen molar-refractivity contribution in [1.29, 1.82) is 0 Å². The first kappa shape index (κ1) is 19.0. The van der Waals surface area contributed by atoms with E-state index in [1.54, 1.807) is 0 Å². The summed E-state index contributed by atoms with van der Waals surface area (Å²) in [6.07, 6.45) is 5.07. The summed E-state index contributed by atoms with van der Waals surface area (Å²) < 4.78 is 8.70. The molecule has 19 heavy (non-hydrogen) atoms. The minimum absolute atomic E-state index is 0. The SMILES string of the molecule is C=Cc1ccc(C)[n+](C[Si](C)(C)O[Si](C)(C)C)c1.[I-]. The first-order valence-electron chi connectivity index (χ1n) is 6.46. The largest absolute Gasteiger partial charge is 1.00 e.